The van der Waals surface area contributed by atoms with E-state index in [4.69, 9.17) is 26.4 Å². The minimum atomic E-state index is -0.560. The van der Waals surface area contributed by atoms with Crippen molar-refractivity contribution >= 4 is 29.1 Å². The van der Waals surface area contributed by atoms with E-state index in [0.717, 1.165) is 38.5 Å². The lowest BCUT2D eigenvalue weighted by atomic mass is 10.0. The molecule has 0 atom stereocenters. The molecule has 5 N–H and O–H groups in total. The van der Waals surface area contributed by atoms with Gasteiger partial charge in [-0.2, -0.15) is 0 Å². The van der Waals surface area contributed by atoms with Gasteiger partial charge in [0.25, 0.3) is 0 Å². The first-order valence-corrected chi connectivity index (χ1v) is 14.9. The first kappa shape index (κ1) is 29.8. The Kier molecular flexibility index (Phi) is 12.3. The van der Waals surface area contributed by atoms with Crippen molar-refractivity contribution in [2.45, 2.75) is 101 Å². The van der Waals surface area contributed by atoms with Crippen LogP contribution in [0.5, 0.6) is 11.5 Å². The third-order valence-corrected chi connectivity index (χ3v) is 7.81. The second kappa shape index (κ2) is 15.6. The standard InChI is InChI=1S/C30H43FN4O2S/c1-3-5-7-9-11-15-19-36-26-23-24(30(34)35-29(23)33)27(37-20-16-12-10-8-6-4-2)28(25(26)31)38-22-18-14-13-17-21(22)32/h13-14,17-18H,3-12,15-16,19-20,32H2,1-2H3,(H3,33,34,35). The highest BCUT2D eigenvalue weighted by Crippen LogP contribution is 2.48. The number of benzene rings is 2. The number of nitrogens with one attached hydrogen (secondary N) is 1. The van der Waals surface area contributed by atoms with Crippen molar-refractivity contribution in [1.29, 1.82) is 5.41 Å². The van der Waals surface area contributed by atoms with Crippen LogP contribution in [0, 0.1) is 11.2 Å². The molecule has 208 valence electrons. The Labute approximate surface area is 231 Å². The van der Waals surface area contributed by atoms with Crippen LogP contribution in [0.2, 0.25) is 0 Å². The van der Waals surface area contributed by atoms with Crippen molar-refractivity contribution in [3.05, 3.63) is 41.2 Å². The summed E-state index contributed by atoms with van der Waals surface area (Å²) in [6, 6.07) is 7.34. The Morgan fingerprint density at radius 1 is 0.789 bits per heavy atom. The fourth-order valence-electron chi connectivity index (χ4n) is 4.52. The molecule has 0 radical (unpaired) electrons. The van der Waals surface area contributed by atoms with Crippen LogP contribution in [0.1, 0.15) is 102 Å². The van der Waals surface area contributed by atoms with Crippen LogP contribution in [-0.2, 0) is 0 Å². The van der Waals surface area contributed by atoms with Crippen LogP contribution in [-0.4, -0.2) is 24.9 Å². The van der Waals surface area contributed by atoms with Crippen LogP contribution in [0.4, 0.5) is 10.1 Å². The quantitative estimate of drug-likeness (QED) is 0.130. The Morgan fingerprint density at radius 3 is 1.95 bits per heavy atom. The molecule has 0 bridgehead atoms. The second-order valence-electron chi connectivity index (χ2n) is 9.77. The van der Waals surface area contributed by atoms with E-state index in [1.54, 1.807) is 6.07 Å². The van der Waals surface area contributed by atoms with E-state index in [1.807, 2.05) is 18.2 Å². The Bertz CT molecular complexity index is 1110. The van der Waals surface area contributed by atoms with Crippen molar-refractivity contribution in [3.63, 3.8) is 0 Å². The number of unbranched alkanes of at least 4 members (excludes halogenated alkanes) is 10. The number of fused-ring (bicyclic) bond motifs is 1. The van der Waals surface area contributed by atoms with Gasteiger partial charge in [-0.3, -0.25) is 5.41 Å². The predicted octanol–water partition coefficient (Wildman–Crippen LogP) is 8.08. The van der Waals surface area contributed by atoms with Gasteiger partial charge in [0, 0.05) is 10.6 Å². The Hall–Kier alpha value is -2.74. The molecule has 0 fully saturated rings. The van der Waals surface area contributed by atoms with E-state index < -0.39 is 5.82 Å². The largest absolute Gasteiger partial charge is 0.491 e. The Balaban J connectivity index is 1.88. The molecule has 0 amide bonds. The molecule has 2 aromatic rings. The number of amidine groups is 2. The summed E-state index contributed by atoms with van der Waals surface area (Å²) < 4.78 is 28.5. The molecule has 1 aliphatic heterocycles. The molecule has 6 nitrogen and oxygen atoms in total. The van der Waals surface area contributed by atoms with Crippen LogP contribution in [0.15, 0.2) is 39.0 Å². The Morgan fingerprint density at radius 2 is 1.34 bits per heavy atom. The average Bonchev–Trinajstić information content (AvgIpc) is 3.20. The minimum Gasteiger partial charge on any atom is -0.491 e. The normalized spacial score (nSPS) is 12.5. The van der Waals surface area contributed by atoms with Gasteiger partial charge < -0.3 is 20.9 Å². The van der Waals surface area contributed by atoms with Crippen LogP contribution < -0.4 is 20.9 Å². The highest BCUT2D eigenvalue weighted by Gasteiger charge is 2.34. The number of hydrogen-bond acceptors (Lipinski definition) is 6. The zero-order valence-electron chi connectivity index (χ0n) is 22.9. The number of aliphatic imine (C=N–C) groups is 1. The molecule has 0 aromatic heterocycles. The maximum atomic E-state index is 16.2. The summed E-state index contributed by atoms with van der Waals surface area (Å²) in [6.07, 6.45) is 13.2. The lowest BCUT2D eigenvalue weighted by molar-refractivity contribution is 0.275. The minimum absolute atomic E-state index is 0.0201. The maximum Gasteiger partial charge on any atom is 0.183 e. The molecular formula is C30H43FN4O2S. The van der Waals surface area contributed by atoms with Gasteiger partial charge in [-0.15, -0.1) is 0 Å². The molecule has 1 aliphatic rings. The first-order chi connectivity index (χ1) is 18.5. The van der Waals surface area contributed by atoms with Crippen molar-refractivity contribution < 1.29 is 13.9 Å². The summed E-state index contributed by atoms with van der Waals surface area (Å²) in [4.78, 5) is 5.13. The third kappa shape index (κ3) is 7.88. The SMILES string of the molecule is CCCCCCCCOc1c(F)c(Sc2ccccc2N)c(OCCCCCCCC)c2c1C(=N)N=C2N. The van der Waals surface area contributed by atoms with Gasteiger partial charge in [0.1, 0.15) is 11.6 Å². The lowest BCUT2D eigenvalue weighted by Crippen LogP contribution is -2.16. The van der Waals surface area contributed by atoms with E-state index in [-0.39, 0.29) is 27.9 Å². The van der Waals surface area contributed by atoms with Gasteiger partial charge in [-0.1, -0.05) is 102 Å². The van der Waals surface area contributed by atoms with Gasteiger partial charge in [-0.05, 0) is 25.0 Å². The summed E-state index contributed by atoms with van der Waals surface area (Å²) in [7, 11) is 0. The summed E-state index contributed by atoms with van der Waals surface area (Å²) in [5.74, 6) is -0.179. The number of nitrogen functional groups attached to an aromatic ring is 1. The highest BCUT2D eigenvalue weighted by molar-refractivity contribution is 7.99. The highest BCUT2D eigenvalue weighted by atomic mass is 32.2. The summed E-state index contributed by atoms with van der Waals surface area (Å²) >= 11 is 1.19. The van der Waals surface area contributed by atoms with Crippen LogP contribution >= 0.6 is 11.8 Å². The predicted molar refractivity (Wildman–Crippen MR) is 157 cm³/mol. The van der Waals surface area contributed by atoms with Crippen molar-refractivity contribution in [2.75, 3.05) is 18.9 Å². The average molecular weight is 543 g/mol. The lowest BCUT2D eigenvalue weighted by Gasteiger charge is -2.20. The van der Waals surface area contributed by atoms with E-state index in [2.05, 4.69) is 18.8 Å². The topological polar surface area (TPSA) is 107 Å². The number of ether oxygens (including phenoxy) is 2. The molecule has 1 heterocycles. The number of nitrogens with two attached hydrogens (primary N) is 2. The molecule has 8 heteroatoms. The van der Waals surface area contributed by atoms with Crippen LogP contribution in [0.25, 0.3) is 0 Å². The molecular weight excluding hydrogens is 499 g/mol. The smallest absolute Gasteiger partial charge is 0.183 e. The summed E-state index contributed by atoms with van der Waals surface area (Å²) in [6.45, 7) is 5.17. The van der Waals surface area contributed by atoms with Crippen LogP contribution in [0.3, 0.4) is 0 Å². The zero-order chi connectivity index (χ0) is 27.3. The number of halogens is 1. The summed E-state index contributed by atoms with van der Waals surface area (Å²) in [5.41, 5.74) is 13.7. The van der Waals surface area contributed by atoms with E-state index >= 15 is 4.39 Å². The molecule has 2 aromatic carbocycles. The number of nitrogens with zero attached hydrogens (tertiary/aromatic N) is 1. The van der Waals surface area contributed by atoms with E-state index in [9.17, 15) is 0 Å². The second-order valence-corrected chi connectivity index (χ2v) is 10.8. The molecule has 0 spiro atoms. The van der Waals surface area contributed by atoms with Crippen molar-refractivity contribution in [3.8, 4) is 11.5 Å². The molecule has 3 rings (SSSR count). The molecule has 38 heavy (non-hydrogen) atoms. The fraction of sp³-hybridized carbons (Fsp3) is 0.533. The molecule has 0 saturated carbocycles. The van der Waals surface area contributed by atoms with E-state index in [0.29, 0.717) is 35.1 Å². The number of anilines is 1. The number of hydrogen-bond donors (Lipinski definition) is 3. The van der Waals surface area contributed by atoms with Gasteiger partial charge in [0.15, 0.2) is 17.4 Å². The monoisotopic (exact) mass is 542 g/mol. The van der Waals surface area contributed by atoms with Crippen molar-refractivity contribution in [2.24, 2.45) is 10.7 Å². The van der Waals surface area contributed by atoms with E-state index in [1.165, 1.54) is 50.3 Å². The maximum absolute atomic E-state index is 16.2. The molecule has 0 unspecified atom stereocenters. The number of rotatable bonds is 18. The number of para-hydroxylation sites is 1. The van der Waals surface area contributed by atoms with Crippen molar-refractivity contribution in [1.82, 2.24) is 0 Å². The first-order valence-electron chi connectivity index (χ1n) is 14.1. The van der Waals surface area contributed by atoms with Gasteiger partial charge in [0.2, 0.25) is 0 Å². The fourth-order valence-corrected chi connectivity index (χ4v) is 5.51. The van der Waals surface area contributed by atoms with Gasteiger partial charge in [-0.25, -0.2) is 9.38 Å². The third-order valence-electron chi connectivity index (χ3n) is 6.65. The molecule has 0 saturated heterocycles. The molecule has 0 aliphatic carbocycles. The van der Waals surface area contributed by atoms with Gasteiger partial charge >= 0.3 is 0 Å². The summed E-state index contributed by atoms with van der Waals surface area (Å²) in [5, 5.41) is 8.42. The zero-order valence-corrected chi connectivity index (χ0v) is 23.7. The van der Waals surface area contributed by atoms with Gasteiger partial charge in [0.05, 0.1) is 29.2 Å².